The van der Waals surface area contributed by atoms with Crippen molar-refractivity contribution in [3.05, 3.63) is 48.5 Å². The summed E-state index contributed by atoms with van der Waals surface area (Å²) in [6.45, 7) is 2.03. The van der Waals surface area contributed by atoms with Gasteiger partial charge in [-0.05, 0) is 73.1 Å². The van der Waals surface area contributed by atoms with Crippen molar-refractivity contribution in [1.82, 2.24) is 14.9 Å². The van der Waals surface area contributed by atoms with E-state index in [4.69, 9.17) is 4.74 Å². The number of nitrogens with zero attached hydrogens (tertiary/aromatic N) is 3. The number of ether oxygens (including phenoxy) is 1. The molecule has 0 saturated carbocycles. The predicted molar refractivity (Wildman–Crippen MR) is 129 cm³/mol. The van der Waals surface area contributed by atoms with E-state index >= 15 is 0 Å². The molecule has 2 aromatic heterocycles. The normalized spacial score (nSPS) is 16.4. The summed E-state index contributed by atoms with van der Waals surface area (Å²) in [7, 11) is 1.37. The van der Waals surface area contributed by atoms with Gasteiger partial charge in [0, 0.05) is 42.4 Å². The monoisotopic (exact) mass is 469 g/mol. The number of phenolic OH excluding ortho intramolecular Hbond substituents is 1. The molecule has 2 aliphatic heterocycles. The SMILES string of the molecule is COc1ncc(-c2ccnc3ccc(O)cc23)cc1F.O=C(C1CCSCC1)N1CCCC1. The number of fused-ring (bicyclic) bond motifs is 1. The van der Waals surface area contributed by atoms with Gasteiger partial charge in [-0.2, -0.15) is 11.8 Å². The molecule has 0 aliphatic carbocycles. The minimum atomic E-state index is -0.532. The molecular formula is C25H28FN3O3S. The Morgan fingerprint density at radius 2 is 1.91 bits per heavy atom. The number of thioether (sulfide) groups is 1. The zero-order chi connectivity index (χ0) is 23.2. The van der Waals surface area contributed by atoms with Gasteiger partial charge < -0.3 is 14.7 Å². The first-order valence-electron chi connectivity index (χ1n) is 11.2. The molecular weight excluding hydrogens is 441 g/mol. The fraction of sp³-hybridized carbons (Fsp3) is 0.400. The van der Waals surface area contributed by atoms with E-state index in [1.54, 1.807) is 30.5 Å². The Kier molecular flexibility index (Phi) is 7.65. The first kappa shape index (κ1) is 23.3. The van der Waals surface area contributed by atoms with E-state index in [-0.39, 0.29) is 11.6 Å². The quantitative estimate of drug-likeness (QED) is 0.588. The average molecular weight is 470 g/mol. The van der Waals surface area contributed by atoms with Crippen LogP contribution >= 0.6 is 11.8 Å². The average Bonchev–Trinajstić information content (AvgIpc) is 3.39. The van der Waals surface area contributed by atoms with Crippen molar-refractivity contribution in [2.45, 2.75) is 25.7 Å². The number of amides is 1. The molecule has 0 atom stereocenters. The highest BCUT2D eigenvalue weighted by Crippen LogP contribution is 2.31. The molecule has 2 fully saturated rings. The number of likely N-dealkylation sites (tertiary alicyclic amines) is 1. The fourth-order valence-corrected chi connectivity index (χ4v) is 5.36. The smallest absolute Gasteiger partial charge is 0.250 e. The lowest BCUT2D eigenvalue weighted by atomic mass is 10.0. The van der Waals surface area contributed by atoms with Gasteiger partial charge in [-0.25, -0.2) is 9.37 Å². The second kappa shape index (κ2) is 10.8. The van der Waals surface area contributed by atoms with E-state index in [1.807, 2.05) is 11.8 Å². The van der Waals surface area contributed by atoms with E-state index < -0.39 is 5.82 Å². The van der Waals surface area contributed by atoms with Gasteiger partial charge in [0.05, 0.1) is 12.6 Å². The van der Waals surface area contributed by atoms with Crippen LogP contribution in [0.3, 0.4) is 0 Å². The molecule has 3 aromatic rings. The van der Waals surface area contributed by atoms with Crippen LogP contribution in [0.5, 0.6) is 11.6 Å². The maximum atomic E-state index is 13.8. The number of halogens is 1. The molecule has 4 heterocycles. The second-order valence-electron chi connectivity index (χ2n) is 8.19. The number of rotatable bonds is 3. The van der Waals surface area contributed by atoms with Crippen molar-refractivity contribution in [3.8, 4) is 22.8 Å². The van der Waals surface area contributed by atoms with Crippen LogP contribution in [0.2, 0.25) is 0 Å². The first-order chi connectivity index (χ1) is 16.1. The lowest BCUT2D eigenvalue weighted by molar-refractivity contribution is -0.134. The number of hydrogen-bond acceptors (Lipinski definition) is 6. The maximum Gasteiger partial charge on any atom is 0.250 e. The molecule has 5 rings (SSSR count). The van der Waals surface area contributed by atoms with Crippen molar-refractivity contribution in [1.29, 1.82) is 0 Å². The van der Waals surface area contributed by atoms with Crippen molar-refractivity contribution >= 4 is 28.6 Å². The third-order valence-electron chi connectivity index (χ3n) is 6.03. The Bertz CT molecular complexity index is 1120. The van der Waals surface area contributed by atoms with Crippen molar-refractivity contribution in [2.24, 2.45) is 5.92 Å². The summed E-state index contributed by atoms with van der Waals surface area (Å²) in [6.07, 6.45) is 7.82. The number of benzene rings is 1. The summed E-state index contributed by atoms with van der Waals surface area (Å²) in [5.74, 6) is 2.73. The topological polar surface area (TPSA) is 75.5 Å². The molecule has 1 aromatic carbocycles. The highest BCUT2D eigenvalue weighted by Gasteiger charge is 2.27. The van der Waals surface area contributed by atoms with Gasteiger partial charge in [0.1, 0.15) is 5.75 Å². The van der Waals surface area contributed by atoms with E-state index in [0.29, 0.717) is 17.4 Å². The molecule has 0 spiro atoms. The fourth-order valence-electron chi connectivity index (χ4n) is 4.25. The molecule has 1 N–H and O–H groups in total. The van der Waals surface area contributed by atoms with Crippen LogP contribution < -0.4 is 4.74 Å². The lowest BCUT2D eigenvalue weighted by Crippen LogP contribution is -2.35. The van der Waals surface area contributed by atoms with Gasteiger partial charge in [-0.15, -0.1) is 0 Å². The predicted octanol–water partition coefficient (Wildman–Crippen LogP) is 4.90. The minimum Gasteiger partial charge on any atom is -0.508 e. The molecule has 6 nitrogen and oxygen atoms in total. The van der Waals surface area contributed by atoms with Crippen LogP contribution in [0.15, 0.2) is 42.7 Å². The van der Waals surface area contributed by atoms with Gasteiger partial charge in [0.15, 0.2) is 5.82 Å². The molecule has 2 aliphatic rings. The number of hydrogen-bond donors (Lipinski definition) is 1. The van der Waals surface area contributed by atoms with Crippen LogP contribution in [0, 0.1) is 11.7 Å². The van der Waals surface area contributed by atoms with E-state index in [1.165, 1.54) is 43.7 Å². The standard InChI is InChI=1S/C15H11FN2O2.C10H17NOS/c1-20-15-13(16)6-9(8-18-15)11-4-5-17-14-3-2-10(19)7-12(11)14;12-10(11-5-1-2-6-11)9-3-7-13-8-4-9/h2-8,19H,1H3;9H,1-8H2. The summed E-state index contributed by atoms with van der Waals surface area (Å²) >= 11 is 1.99. The third-order valence-corrected chi connectivity index (χ3v) is 7.07. The zero-order valence-electron chi connectivity index (χ0n) is 18.7. The summed E-state index contributed by atoms with van der Waals surface area (Å²) in [4.78, 5) is 22.1. The first-order valence-corrected chi connectivity index (χ1v) is 12.4. The Labute approximate surface area is 197 Å². The van der Waals surface area contributed by atoms with Crippen molar-refractivity contribution in [3.63, 3.8) is 0 Å². The highest BCUT2D eigenvalue weighted by atomic mass is 32.2. The number of methoxy groups -OCH3 is 1. The van der Waals surface area contributed by atoms with Crippen molar-refractivity contribution < 1.29 is 19.0 Å². The van der Waals surface area contributed by atoms with E-state index in [0.717, 1.165) is 42.4 Å². The largest absolute Gasteiger partial charge is 0.508 e. The number of aromatic nitrogens is 2. The number of carbonyl (C=O) groups excluding carboxylic acids is 1. The lowest BCUT2D eigenvalue weighted by Gasteiger charge is -2.25. The summed E-state index contributed by atoms with van der Waals surface area (Å²) < 4.78 is 18.6. The summed E-state index contributed by atoms with van der Waals surface area (Å²) in [5, 5.41) is 10.3. The molecule has 174 valence electrons. The molecule has 0 radical (unpaired) electrons. The summed E-state index contributed by atoms with van der Waals surface area (Å²) in [5.41, 5.74) is 2.07. The van der Waals surface area contributed by atoms with Crippen LogP contribution in [-0.2, 0) is 4.79 Å². The summed E-state index contributed by atoms with van der Waals surface area (Å²) in [6, 6.07) is 7.97. The third kappa shape index (κ3) is 5.55. The minimum absolute atomic E-state index is 0.0463. The molecule has 8 heteroatoms. The number of aromatic hydroxyl groups is 1. The van der Waals surface area contributed by atoms with Crippen LogP contribution in [0.1, 0.15) is 25.7 Å². The van der Waals surface area contributed by atoms with E-state index in [2.05, 4.69) is 14.9 Å². The molecule has 1 amide bonds. The number of pyridine rings is 2. The molecule has 2 saturated heterocycles. The van der Waals surface area contributed by atoms with Crippen molar-refractivity contribution in [2.75, 3.05) is 31.7 Å². The van der Waals surface area contributed by atoms with Gasteiger partial charge in [-0.1, -0.05) is 0 Å². The van der Waals surface area contributed by atoms with Gasteiger partial charge in [0.2, 0.25) is 11.8 Å². The maximum absolute atomic E-state index is 13.8. The zero-order valence-corrected chi connectivity index (χ0v) is 19.5. The van der Waals surface area contributed by atoms with Gasteiger partial charge in [-0.3, -0.25) is 9.78 Å². The molecule has 33 heavy (non-hydrogen) atoms. The second-order valence-corrected chi connectivity index (χ2v) is 9.42. The van der Waals surface area contributed by atoms with Gasteiger partial charge >= 0.3 is 0 Å². The highest BCUT2D eigenvalue weighted by molar-refractivity contribution is 7.99. The number of phenols is 1. The Hall–Kier alpha value is -2.87. The Balaban J connectivity index is 0.000000172. The van der Waals surface area contributed by atoms with Gasteiger partial charge in [0.25, 0.3) is 0 Å². The number of carbonyl (C=O) groups is 1. The Morgan fingerprint density at radius 1 is 1.15 bits per heavy atom. The van der Waals surface area contributed by atoms with E-state index in [9.17, 15) is 14.3 Å². The van der Waals surface area contributed by atoms with Crippen LogP contribution in [0.4, 0.5) is 4.39 Å². The van der Waals surface area contributed by atoms with Crippen LogP contribution in [0.25, 0.3) is 22.0 Å². The molecule has 0 unspecified atom stereocenters. The van der Waals surface area contributed by atoms with Crippen LogP contribution in [-0.4, -0.2) is 57.6 Å². The molecule has 0 bridgehead atoms. The Morgan fingerprint density at radius 3 is 2.61 bits per heavy atom.